The van der Waals surface area contributed by atoms with Crippen molar-refractivity contribution in [2.24, 2.45) is 0 Å². The molecule has 1 atom stereocenters. The number of nitrogens with zero attached hydrogens (tertiary/aromatic N) is 1. The molecule has 5 aromatic rings. The number of rotatable bonds is 9. The average molecular weight is 578 g/mol. The van der Waals surface area contributed by atoms with Gasteiger partial charge in [0.05, 0.1) is 5.69 Å². The van der Waals surface area contributed by atoms with Crippen molar-refractivity contribution in [1.29, 1.82) is 0 Å². The number of aryl methyl sites for hydroxylation is 1. The second-order valence-corrected chi connectivity index (χ2v) is 13.5. The van der Waals surface area contributed by atoms with Gasteiger partial charge in [-0.15, -0.1) is 34.4 Å². The molecule has 2 aromatic heterocycles. The lowest BCUT2D eigenvalue weighted by molar-refractivity contribution is -0.115. The highest BCUT2D eigenvalue weighted by molar-refractivity contribution is 8.00. The van der Waals surface area contributed by atoms with E-state index in [1.54, 1.807) is 41.8 Å². The van der Waals surface area contributed by atoms with Crippen LogP contribution in [0.4, 0.5) is 10.8 Å². The molecule has 0 saturated carbocycles. The first-order chi connectivity index (χ1) is 18.4. The first-order valence-corrected chi connectivity index (χ1v) is 15.7. The molecule has 6 nitrogen and oxygen atoms in total. The Labute approximate surface area is 233 Å². The van der Waals surface area contributed by atoms with Crippen LogP contribution in [0.3, 0.4) is 0 Å². The maximum atomic E-state index is 13.5. The molecule has 2 heterocycles. The fourth-order valence-electron chi connectivity index (χ4n) is 3.74. The lowest BCUT2D eigenvalue weighted by atomic mass is 10.1. The quantitative estimate of drug-likeness (QED) is 0.178. The zero-order valence-electron chi connectivity index (χ0n) is 20.2. The number of thiophene rings is 1. The standard InChI is InChI=1S/C28H23N3O3S4/c1-19-25(20-9-4-2-5-10-20)29-28(36-19)30-27(32)26(21-11-6-3-7-12-21)37-23-16-14-22(15-17-23)31-38(33,34)24-13-8-18-35-24/h2-18,26,31H,1H3,(H,29,30,32). The van der Waals surface area contributed by atoms with E-state index in [-0.39, 0.29) is 10.1 Å². The van der Waals surface area contributed by atoms with E-state index in [1.165, 1.54) is 23.1 Å². The Kier molecular flexibility index (Phi) is 7.94. The van der Waals surface area contributed by atoms with Crippen LogP contribution in [0.15, 0.2) is 112 Å². The van der Waals surface area contributed by atoms with Crippen LogP contribution in [0.2, 0.25) is 0 Å². The predicted octanol–water partition coefficient (Wildman–Crippen LogP) is 7.45. The minimum Gasteiger partial charge on any atom is -0.301 e. The van der Waals surface area contributed by atoms with Crippen LogP contribution in [0, 0.1) is 6.92 Å². The van der Waals surface area contributed by atoms with Crippen LogP contribution in [-0.2, 0) is 14.8 Å². The lowest BCUT2D eigenvalue weighted by Gasteiger charge is -2.16. The predicted molar refractivity (Wildman–Crippen MR) is 158 cm³/mol. The van der Waals surface area contributed by atoms with Gasteiger partial charge in [-0.25, -0.2) is 13.4 Å². The SMILES string of the molecule is Cc1sc(NC(=O)C(Sc2ccc(NS(=O)(=O)c3cccs3)cc2)c2ccccc2)nc1-c1ccccc1. The number of thiazole rings is 1. The molecule has 3 aromatic carbocycles. The molecule has 0 aliphatic carbocycles. The largest absolute Gasteiger partial charge is 0.301 e. The molecule has 0 saturated heterocycles. The molecular formula is C28H23N3O3S4. The van der Waals surface area contributed by atoms with Gasteiger partial charge in [-0.1, -0.05) is 66.7 Å². The second kappa shape index (κ2) is 11.5. The fraction of sp³-hybridized carbons (Fsp3) is 0.0714. The molecule has 0 bridgehead atoms. The summed E-state index contributed by atoms with van der Waals surface area (Å²) < 4.78 is 27.9. The zero-order chi connectivity index (χ0) is 26.5. The van der Waals surface area contributed by atoms with Crippen LogP contribution in [0.5, 0.6) is 0 Å². The van der Waals surface area contributed by atoms with Gasteiger partial charge < -0.3 is 5.32 Å². The highest BCUT2D eigenvalue weighted by Crippen LogP contribution is 2.38. The molecule has 0 aliphatic heterocycles. The van der Waals surface area contributed by atoms with Crippen LogP contribution in [0.1, 0.15) is 15.7 Å². The van der Waals surface area contributed by atoms with Gasteiger partial charge in [-0.3, -0.25) is 9.52 Å². The molecule has 5 rings (SSSR count). The van der Waals surface area contributed by atoms with Crippen LogP contribution >= 0.6 is 34.4 Å². The molecule has 10 heteroatoms. The number of hydrogen-bond donors (Lipinski definition) is 2. The number of carbonyl (C=O) groups is 1. The van der Waals surface area contributed by atoms with Crippen LogP contribution < -0.4 is 10.0 Å². The number of hydrogen-bond acceptors (Lipinski definition) is 7. The molecule has 38 heavy (non-hydrogen) atoms. The third-order valence-corrected chi connectivity index (χ3v) is 10.5. The number of nitrogens with one attached hydrogen (secondary N) is 2. The lowest BCUT2D eigenvalue weighted by Crippen LogP contribution is -2.19. The monoisotopic (exact) mass is 577 g/mol. The minimum absolute atomic E-state index is 0.183. The minimum atomic E-state index is -3.63. The third-order valence-electron chi connectivity index (χ3n) is 5.53. The van der Waals surface area contributed by atoms with Crippen molar-refractivity contribution in [3.63, 3.8) is 0 Å². The summed E-state index contributed by atoms with van der Waals surface area (Å²) in [4.78, 5) is 20.0. The summed E-state index contributed by atoms with van der Waals surface area (Å²) in [7, 11) is -3.63. The van der Waals surface area contributed by atoms with Crippen LogP contribution in [-0.4, -0.2) is 19.3 Å². The number of aromatic nitrogens is 1. The van der Waals surface area contributed by atoms with Crippen LogP contribution in [0.25, 0.3) is 11.3 Å². The Morgan fingerprint density at radius 3 is 2.24 bits per heavy atom. The van der Waals surface area contributed by atoms with E-state index in [9.17, 15) is 13.2 Å². The van der Waals surface area contributed by atoms with Gasteiger partial charge in [0.25, 0.3) is 10.0 Å². The van der Waals surface area contributed by atoms with Gasteiger partial charge in [-0.2, -0.15) is 0 Å². The van der Waals surface area contributed by atoms with Gasteiger partial charge in [0.2, 0.25) is 5.91 Å². The smallest absolute Gasteiger partial charge is 0.271 e. The number of sulfonamides is 1. The Bertz CT molecular complexity index is 1620. The van der Waals surface area contributed by atoms with Crippen molar-refractivity contribution >= 4 is 61.2 Å². The highest BCUT2D eigenvalue weighted by atomic mass is 32.2. The van der Waals surface area contributed by atoms with Crippen molar-refractivity contribution in [3.05, 3.63) is 113 Å². The molecule has 0 spiro atoms. The van der Waals surface area contributed by atoms with E-state index in [2.05, 4.69) is 15.0 Å². The number of benzene rings is 3. The highest BCUT2D eigenvalue weighted by Gasteiger charge is 2.24. The topological polar surface area (TPSA) is 88.2 Å². The summed E-state index contributed by atoms with van der Waals surface area (Å²) in [5, 5.41) is 4.74. The van der Waals surface area contributed by atoms with Crippen molar-refractivity contribution in [3.8, 4) is 11.3 Å². The molecule has 0 aliphatic rings. The molecule has 0 radical (unpaired) electrons. The maximum absolute atomic E-state index is 13.5. The van der Waals surface area contributed by atoms with Gasteiger partial charge in [-0.05, 0) is 48.2 Å². The Morgan fingerprint density at radius 2 is 1.58 bits per heavy atom. The average Bonchev–Trinajstić information content (AvgIpc) is 3.60. The Morgan fingerprint density at radius 1 is 0.895 bits per heavy atom. The molecule has 1 amide bonds. The maximum Gasteiger partial charge on any atom is 0.271 e. The second-order valence-electron chi connectivity index (χ2n) is 8.25. The number of anilines is 2. The third kappa shape index (κ3) is 6.16. The van der Waals surface area contributed by atoms with Gasteiger partial charge in [0.15, 0.2) is 5.13 Å². The Hall–Kier alpha value is -3.44. The molecule has 0 fully saturated rings. The number of amides is 1. The van der Waals surface area contributed by atoms with Gasteiger partial charge in [0.1, 0.15) is 9.46 Å². The first kappa shape index (κ1) is 26.2. The zero-order valence-corrected chi connectivity index (χ0v) is 23.5. The number of carbonyl (C=O) groups excluding carboxylic acids is 1. The van der Waals surface area contributed by atoms with Crippen molar-refractivity contribution in [1.82, 2.24) is 4.98 Å². The summed E-state index contributed by atoms with van der Waals surface area (Å²) in [6, 6.07) is 29.7. The first-order valence-electron chi connectivity index (χ1n) is 11.6. The summed E-state index contributed by atoms with van der Waals surface area (Å²) >= 11 is 4.00. The molecule has 192 valence electrons. The summed E-state index contributed by atoms with van der Waals surface area (Å²) in [5.74, 6) is -0.183. The molecule has 2 N–H and O–H groups in total. The normalized spacial score (nSPS) is 12.1. The molecular weight excluding hydrogens is 555 g/mol. The van der Waals surface area contributed by atoms with E-state index in [0.29, 0.717) is 10.8 Å². The van der Waals surface area contributed by atoms with Crippen molar-refractivity contribution in [2.45, 2.75) is 21.3 Å². The van der Waals surface area contributed by atoms with Gasteiger partial charge >= 0.3 is 0 Å². The van der Waals surface area contributed by atoms with Crippen molar-refractivity contribution in [2.75, 3.05) is 10.0 Å². The molecule has 1 unspecified atom stereocenters. The Balaban J connectivity index is 1.34. The summed E-state index contributed by atoms with van der Waals surface area (Å²) in [6.07, 6.45) is 0. The summed E-state index contributed by atoms with van der Waals surface area (Å²) in [6.45, 7) is 1.99. The van der Waals surface area contributed by atoms with Gasteiger partial charge in [0, 0.05) is 21.0 Å². The van der Waals surface area contributed by atoms with E-state index < -0.39 is 15.3 Å². The van der Waals surface area contributed by atoms with E-state index >= 15 is 0 Å². The van der Waals surface area contributed by atoms with E-state index in [4.69, 9.17) is 0 Å². The van der Waals surface area contributed by atoms with Crippen molar-refractivity contribution < 1.29 is 13.2 Å². The van der Waals surface area contributed by atoms with E-state index in [0.717, 1.165) is 37.9 Å². The summed E-state index contributed by atoms with van der Waals surface area (Å²) in [5.41, 5.74) is 3.17. The fourth-order valence-corrected chi connectivity index (χ4v) is 7.66. The van der Waals surface area contributed by atoms with E-state index in [1.807, 2.05) is 67.6 Å². The number of thioether (sulfide) groups is 1.